The van der Waals surface area contributed by atoms with Crippen LogP contribution in [0.15, 0.2) is 18.2 Å². The van der Waals surface area contributed by atoms with Crippen LogP contribution in [-0.4, -0.2) is 17.7 Å². The van der Waals surface area contributed by atoms with E-state index in [-0.39, 0.29) is 5.92 Å². The maximum atomic E-state index is 11.1. The molecule has 3 heteroatoms. The van der Waals surface area contributed by atoms with Crippen molar-refractivity contribution in [3.63, 3.8) is 0 Å². The maximum Gasteiger partial charge on any atom is 0.306 e. The molecule has 0 aliphatic heterocycles. The topological polar surface area (TPSA) is 46.5 Å². The second-order valence-electron chi connectivity index (χ2n) is 7.03. The number of hydrogen-bond donors (Lipinski definition) is 1. The van der Waals surface area contributed by atoms with Crippen LogP contribution in [0.4, 0.5) is 0 Å². The van der Waals surface area contributed by atoms with E-state index in [1.54, 1.807) is 0 Å². The molecule has 0 saturated heterocycles. The van der Waals surface area contributed by atoms with Crippen molar-refractivity contribution in [1.82, 2.24) is 0 Å². The van der Waals surface area contributed by atoms with Crippen LogP contribution in [0.25, 0.3) is 0 Å². The van der Waals surface area contributed by atoms with Crippen molar-refractivity contribution >= 4 is 5.97 Å². The number of unbranched alkanes of at least 4 members (excludes halogenated alkanes) is 7. The van der Waals surface area contributed by atoms with Crippen LogP contribution in [0.1, 0.15) is 75.8 Å². The van der Waals surface area contributed by atoms with Gasteiger partial charge in [-0.25, -0.2) is 0 Å². The van der Waals surface area contributed by atoms with Gasteiger partial charge < -0.3 is 9.84 Å². The van der Waals surface area contributed by atoms with E-state index in [1.807, 2.05) is 12.1 Å². The summed E-state index contributed by atoms with van der Waals surface area (Å²) < 4.78 is 5.88. The third-order valence-electron chi connectivity index (χ3n) is 5.02. The molecule has 1 N–H and O–H groups in total. The van der Waals surface area contributed by atoms with Crippen molar-refractivity contribution < 1.29 is 14.6 Å². The summed E-state index contributed by atoms with van der Waals surface area (Å²) in [5.41, 5.74) is 2.44. The Morgan fingerprint density at radius 3 is 2.50 bits per heavy atom. The second kappa shape index (κ2) is 10.4. The highest BCUT2D eigenvalue weighted by molar-refractivity contribution is 5.71. The van der Waals surface area contributed by atoms with E-state index in [4.69, 9.17) is 9.84 Å². The fourth-order valence-electron chi connectivity index (χ4n) is 3.46. The number of carbonyl (C=O) groups is 1. The smallest absolute Gasteiger partial charge is 0.306 e. The number of aryl methyl sites for hydroxylation is 1. The SMILES string of the molecule is CCCCCCCCCCOc1ccc2c(c1)CCC(C(=O)O)C2. The third-order valence-corrected chi connectivity index (χ3v) is 5.02. The summed E-state index contributed by atoms with van der Waals surface area (Å²) in [7, 11) is 0. The largest absolute Gasteiger partial charge is 0.494 e. The standard InChI is InChI=1S/C21H32O3/c1-2-3-4-5-6-7-8-9-14-24-20-13-12-17-15-19(21(22)23)11-10-18(17)16-20/h12-13,16,19H,2-11,14-15H2,1H3,(H,22,23). The molecular weight excluding hydrogens is 300 g/mol. The molecule has 1 aromatic rings. The Hall–Kier alpha value is -1.51. The summed E-state index contributed by atoms with van der Waals surface area (Å²) in [6.45, 7) is 3.04. The minimum Gasteiger partial charge on any atom is -0.494 e. The van der Waals surface area contributed by atoms with Crippen LogP contribution >= 0.6 is 0 Å². The number of aliphatic carboxylic acids is 1. The molecule has 0 bridgehead atoms. The predicted octanol–water partition coefficient (Wildman–Crippen LogP) is 5.40. The van der Waals surface area contributed by atoms with Crippen LogP contribution in [-0.2, 0) is 17.6 Å². The third kappa shape index (κ3) is 6.18. The Kier molecular flexibility index (Phi) is 8.14. The van der Waals surface area contributed by atoms with Gasteiger partial charge in [0.15, 0.2) is 0 Å². The zero-order valence-electron chi connectivity index (χ0n) is 15.1. The second-order valence-corrected chi connectivity index (χ2v) is 7.03. The number of fused-ring (bicyclic) bond motifs is 1. The number of benzene rings is 1. The average Bonchev–Trinajstić information content (AvgIpc) is 2.59. The van der Waals surface area contributed by atoms with Gasteiger partial charge in [0.1, 0.15) is 5.75 Å². The normalized spacial score (nSPS) is 16.6. The molecular formula is C21H32O3. The number of ether oxygens (including phenoxy) is 1. The van der Waals surface area contributed by atoms with E-state index in [2.05, 4.69) is 13.0 Å². The predicted molar refractivity (Wildman–Crippen MR) is 97.7 cm³/mol. The van der Waals surface area contributed by atoms with Gasteiger partial charge in [0, 0.05) is 0 Å². The summed E-state index contributed by atoms with van der Waals surface area (Å²) in [6, 6.07) is 6.15. The maximum absolute atomic E-state index is 11.1. The number of rotatable bonds is 11. The van der Waals surface area contributed by atoms with Gasteiger partial charge in [0.2, 0.25) is 0 Å². The monoisotopic (exact) mass is 332 g/mol. The van der Waals surface area contributed by atoms with Crippen molar-refractivity contribution in [3.05, 3.63) is 29.3 Å². The first kappa shape index (κ1) is 18.8. The molecule has 0 amide bonds. The molecule has 3 nitrogen and oxygen atoms in total. The minimum atomic E-state index is -0.671. The lowest BCUT2D eigenvalue weighted by molar-refractivity contribution is -0.142. The summed E-state index contributed by atoms with van der Waals surface area (Å²) in [4.78, 5) is 11.1. The van der Waals surface area contributed by atoms with Crippen LogP contribution < -0.4 is 4.74 Å². The Balaban J connectivity index is 1.63. The zero-order chi connectivity index (χ0) is 17.2. The Morgan fingerprint density at radius 1 is 1.08 bits per heavy atom. The lowest BCUT2D eigenvalue weighted by Gasteiger charge is -2.22. The minimum absolute atomic E-state index is 0.221. The lowest BCUT2D eigenvalue weighted by Crippen LogP contribution is -2.22. The van der Waals surface area contributed by atoms with Crippen molar-refractivity contribution in [2.75, 3.05) is 6.61 Å². The molecule has 0 heterocycles. The highest BCUT2D eigenvalue weighted by Crippen LogP contribution is 2.29. The molecule has 1 aliphatic rings. The van der Waals surface area contributed by atoms with Gasteiger partial charge in [-0.1, -0.05) is 57.9 Å². The fourth-order valence-corrected chi connectivity index (χ4v) is 3.46. The van der Waals surface area contributed by atoms with Crippen molar-refractivity contribution in [2.45, 2.75) is 77.6 Å². The summed E-state index contributed by atoms with van der Waals surface area (Å²) in [6.07, 6.45) is 12.7. The van der Waals surface area contributed by atoms with Crippen molar-refractivity contribution in [3.8, 4) is 5.75 Å². The molecule has 0 fully saturated rings. The molecule has 2 rings (SSSR count). The molecule has 1 unspecified atom stereocenters. The van der Waals surface area contributed by atoms with E-state index < -0.39 is 5.97 Å². The molecule has 0 saturated carbocycles. The molecule has 1 aliphatic carbocycles. The summed E-state index contributed by atoms with van der Waals surface area (Å²) in [5, 5.41) is 9.14. The first-order chi connectivity index (χ1) is 11.7. The van der Waals surface area contributed by atoms with E-state index >= 15 is 0 Å². The highest BCUT2D eigenvalue weighted by Gasteiger charge is 2.24. The number of carboxylic acids is 1. The number of carboxylic acid groups (broad SMARTS) is 1. The van der Waals surface area contributed by atoms with Crippen LogP contribution in [0.5, 0.6) is 5.75 Å². The molecule has 24 heavy (non-hydrogen) atoms. The van der Waals surface area contributed by atoms with Gasteiger partial charge >= 0.3 is 5.97 Å². The van der Waals surface area contributed by atoms with E-state index in [9.17, 15) is 4.79 Å². The highest BCUT2D eigenvalue weighted by atomic mass is 16.5. The zero-order valence-corrected chi connectivity index (χ0v) is 15.1. The Bertz CT molecular complexity index is 510. The summed E-state index contributed by atoms with van der Waals surface area (Å²) >= 11 is 0. The lowest BCUT2D eigenvalue weighted by atomic mass is 9.84. The van der Waals surface area contributed by atoms with Crippen molar-refractivity contribution in [2.24, 2.45) is 5.92 Å². The Labute approximate surface area is 146 Å². The fraction of sp³-hybridized carbons (Fsp3) is 0.667. The first-order valence-electron chi connectivity index (χ1n) is 9.68. The van der Waals surface area contributed by atoms with Gasteiger partial charge in [0.25, 0.3) is 0 Å². The van der Waals surface area contributed by atoms with Gasteiger partial charge in [-0.2, -0.15) is 0 Å². The molecule has 0 aromatic heterocycles. The van der Waals surface area contributed by atoms with E-state index in [0.29, 0.717) is 6.42 Å². The quantitative estimate of drug-likeness (QED) is 0.552. The summed E-state index contributed by atoms with van der Waals surface area (Å²) in [5.74, 6) is 0.0442. The van der Waals surface area contributed by atoms with Crippen molar-refractivity contribution in [1.29, 1.82) is 0 Å². The molecule has 0 radical (unpaired) electrons. The van der Waals surface area contributed by atoms with Crippen LogP contribution in [0.3, 0.4) is 0 Å². The average molecular weight is 332 g/mol. The Morgan fingerprint density at radius 2 is 1.79 bits per heavy atom. The molecule has 0 spiro atoms. The van der Waals surface area contributed by atoms with Gasteiger partial charge in [-0.05, 0) is 48.9 Å². The van der Waals surface area contributed by atoms with Gasteiger partial charge in [0.05, 0.1) is 12.5 Å². The molecule has 134 valence electrons. The van der Waals surface area contributed by atoms with Crippen LogP contribution in [0, 0.1) is 5.92 Å². The molecule has 1 aromatic carbocycles. The van der Waals surface area contributed by atoms with E-state index in [1.165, 1.54) is 56.1 Å². The van der Waals surface area contributed by atoms with E-state index in [0.717, 1.165) is 31.6 Å². The van der Waals surface area contributed by atoms with Gasteiger partial charge in [-0.15, -0.1) is 0 Å². The number of hydrogen-bond acceptors (Lipinski definition) is 2. The first-order valence-corrected chi connectivity index (χ1v) is 9.68. The van der Waals surface area contributed by atoms with Crippen LogP contribution in [0.2, 0.25) is 0 Å². The van der Waals surface area contributed by atoms with Gasteiger partial charge in [-0.3, -0.25) is 4.79 Å². The molecule has 1 atom stereocenters.